The summed E-state index contributed by atoms with van der Waals surface area (Å²) in [6, 6.07) is 45.4. The number of halogens is 1. The molecular weight excluding hydrogens is 884 g/mol. The van der Waals surface area contributed by atoms with Gasteiger partial charge in [0.1, 0.15) is 6.61 Å². The zero-order chi connectivity index (χ0) is 51.3. The molecule has 5 aromatic carbocycles. The monoisotopic (exact) mass is 971 g/mol. The Hall–Kier alpha value is -4.50. The molecule has 1 amide bonds. The fourth-order valence-electron chi connectivity index (χ4n) is 8.22. The van der Waals surface area contributed by atoms with Gasteiger partial charge < -0.3 is 9.64 Å². The summed E-state index contributed by atoms with van der Waals surface area (Å²) < 4.78 is 5.39. The summed E-state index contributed by atoms with van der Waals surface area (Å²) >= 11 is 7.93. The van der Waals surface area contributed by atoms with Crippen molar-refractivity contribution in [1.82, 2.24) is 4.90 Å². The molecule has 0 aliphatic carbocycles. The van der Waals surface area contributed by atoms with Crippen LogP contribution in [0.4, 0.5) is 4.79 Å². The Morgan fingerprint density at radius 1 is 0.667 bits per heavy atom. The van der Waals surface area contributed by atoms with Crippen LogP contribution in [0.25, 0.3) is 11.1 Å². The number of thioether (sulfide) groups is 1. The van der Waals surface area contributed by atoms with Gasteiger partial charge in [-0.15, -0.1) is 11.8 Å². The summed E-state index contributed by atoms with van der Waals surface area (Å²) in [6.07, 6.45) is 7.99. The predicted octanol–water partition coefficient (Wildman–Crippen LogP) is 18.9. The minimum Gasteiger partial charge on any atom is -0.445 e. The van der Waals surface area contributed by atoms with E-state index in [0.29, 0.717) is 34.2 Å². The zero-order valence-corrected chi connectivity index (χ0v) is 46.6. The van der Waals surface area contributed by atoms with Crippen LogP contribution >= 0.6 is 23.4 Å². The molecule has 0 unspecified atom stereocenters. The van der Waals surface area contributed by atoms with Gasteiger partial charge in [-0.1, -0.05) is 218 Å². The third kappa shape index (κ3) is 25.3. The molecule has 374 valence electrons. The summed E-state index contributed by atoms with van der Waals surface area (Å²) in [4.78, 5) is 15.1. The molecule has 1 aliphatic heterocycles. The summed E-state index contributed by atoms with van der Waals surface area (Å²) in [7, 11) is 0. The molecule has 5 aromatic rings. The molecule has 69 heavy (non-hydrogen) atoms. The first kappa shape index (κ1) is 58.8. The Bertz CT molecular complexity index is 2260. The van der Waals surface area contributed by atoms with E-state index in [2.05, 4.69) is 158 Å². The van der Waals surface area contributed by atoms with Crippen molar-refractivity contribution in [3.05, 3.63) is 160 Å². The van der Waals surface area contributed by atoms with E-state index >= 15 is 0 Å². The Labute approximate surface area is 430 Å². The smallest absolute Gasteiger partial charge is 0.410 e. The van der Waals surface area contributed by atoms with Crippen LogP contribution in [0.3, 0.4) is 0 Å². The first-order valence-electron chi connectivity index (χ1n) is 25.3. The standard InChI is InChI=1S/C18H27NO2.C18H19N.C14H22.C13H19ClS/c1-18(2,3)13-15-9-11-19(12-10-15)17(20)21-14-16-7-5-4-6-8-16;1-18(2,3)12-14-8-10-15(11-9-14)17-7-5-4-6-16(17)13-19;1-11(2)13-8-6-12(7-9-13)10-14(3,4)5;1-13(2,3)9-6-10-15-12-8-5-4-7-11(12)14/h4-8,15H,9-14H2,1-3H3;4-11H,12H2,1-3H3;6-9,11H,10H2,1-5H3;4-5,7-8H,6,9-10H2,1-3H3. The van der Waals surface area contributed by atoms with Gasteiger partial charge in [-0.25, -0.2) is 4.79 Å². The third-order valence-electron chi connectivity index (χ3n) is 11.6. The van der Waals surface area contributed by atoms with Gasteiger partial charge in [-0.3, -0.25) is 0 Å². The van der Waals surface area contributed by atoms with Gasteiger partial charge in [0.25, 0.3) is 0 Å². The molecule has 4 nitrogen and oxygen atoms in total. The molecule has 1 aliphatic rings. The van der Waals surface area contributed by atoms with Gasteiger partial charge in [0.05, 0.1) is 16.7 Å². The van der Waals surface area contributed by atoms with Crippen molar-refractivity contribution in [3.8, 4) is 17.2 Å². The minimum atomic E-state index is -0.173. The van der Waals surface area contributed by atoms with E-state index in [0.717, 1.165) is 77.7 Å². The highest BCUT2D eigenvalue weighted by Gasteiger charge is 2.27. The molecular formula is C63H87ClN2O2S. The summed E-state index contributed by atoms with van der Waals surface area (Å²) in [5.74, 6) is 2.53. The lowest BCUT2D eigenvalue weighted by molar-refractivity contribution is 0.0778. The zero-order valence-electron chi connectivity index (χ0n) is 45.1. The number of nitrogens with zero attached hydrogens (tertiary/aromatic N) is 2. The number of rotatable bonds is 11. The van der Waals surface area contributed by atoms with Crippen molar-refractivity contribution < 1.29 is 9.53 Å². The molecule has 0 N–H and O–H groups in total. The summed E-state index contributed by atoms with van der Waals surface area (Å²) in [6.45, 7) is 33.8. The number of carbonyl (C=O) groups is 1. The number of hydrogen-bond donors (Lipinski definition) is 0. The first-order valence-corrected chi connectivity index (χ1v) is 26.7. The second-order valence-electron chi connectivity index (χ2n) is 23.9. The number of carbonyl (C=O) groups excluding carboxylic acids is 1. The molecule has 0 radical (unpaired) electrons. The van der Waals surface area contributed by atoms with Gasteiger partial charge in [0.2, 0.25) is 0 Å². The van der Waals surface area contributed by atoms with Gasteiger partial charge in [0, 0.05) is 18.0 Å². The van der Waals surface area contributed by atoms with Crippen molar-refractivity contribution >= 4 is 29.5 Å². The maximum Gasteiger partial charge on any atom is 0.410 e. The average Bonchev–Trinajstić information content (AvgIpc) is 3.27. The second-order valence-corrected chi connectivity index (χ2v) is 25.4. The van der Waals surface area contributed by atoms with Crippen molar-refractivity contribution in [2.45, 2.75) is 159 Å². The van der Waals surface area contributed by atoms with E-state index in [1.54, 1.807) is 0 Å². The molecule has 0 atom stereocenters. The second kappa shape index (κ2) is 28.4. The number of nitriles is 1. The normalized spacial score (nSPS) is 13.2. The van der Waals surface area contributed by atoms with E-state index in [1.165, 1.54) is 40.8 Å². The van der Waals surface area contributed by atoms with Crippen LogP contribution in [0, 0.1) is 38.9 Å². The van der Waals surface area contributed by atoms with Gasteiger partial charge >= 0.3 is 6.09 Å². The number of hydrogen-bond acceptors (Lipinski definition) is 4. The highest BCUT2D eigenvalue weighted by atomic mass is 35.5. The van der Waals surface area contributed by atoms with Crippen molar-refractivity contribution in [3.63, 3.8) is 0 Å². The Kier molecular flexibility index (Phi) is 24.2. The molecule has 1 heterocycles. The molecule has 0 aromatic heterocycles. The Morgan fingerprint density at radius 3 is 1.70 bits per heavy atom. The largest absolute Gasteiger partial charge is 0.445 e. The summed E-state index contributed by atoms with van der Waals surface area (Å²) in [5, 5.41) is 10.0. The molecule has 6 heteroatoms. The molecule has 1 saturated heterocycles. The van der Waals surface area contributed by atoms with Gasteiger partial charge in [-0.05, 0) is 136 Å². The minimum absolute atomic E-state index is 0.173. The van der Waals surface area contributed by atoms with Gasteiger partial charge in [0.15, 0.2) is 0 Å². The molecule has 0 saturated carbocycles. The van der Waals surface area contributed by atoms with Crippen LogP contribution in [0.2, 0.25) is 5.02 Å². The fraction of sp³-hybridized carbons (Fsp3) is 0.492. The first-order chi connectivity index (χ1) is 32.3. The SMILES string of the molecule is CC(C)(C)CC1CCN(C(=O)OCc2ccccc2)CC1.CC(C)(C)CCCSc1ccccc1Cl.CC(C)(C)Cc1ccc(-c2ccccc2C#N)cc1.CC(C)c1ccc(CC(C)(C)C)cc1. The average molecular weight is 972 g/mol. The fourth-order valence-corrected chi connectivity index (χ4v) is 9.41. The predicted molar refractivity (Wildman–Crippen MR) is 299 cm³/mol. The van der Waals surface area contributed by atoms with Crippen molar-refractivity contribution in [2.75, 3.05) is 18.8 Å². The van der Waals surface area contributed by atoms with Crippen molar-refractivity contribution in [1.29, 1.82) is 5.26 Å². The lowest BCUT2D eigenvalue weighted by Crippen LogP contribution is -2.39. The number of ether oxygens (including phenoxy) is 1. The molecule has 1 fully saturated rings. The van der Waals surface area contributed by atoms with E-state index in [9.17, 15) is 4.79 Å². The summed E-state index contributed by atoms with van der Waals surface area (Å²) in [5.41, 5.74) is 9.60. The molecule has 0 bridgehead atoms. The van der Waals surface area contributed by atoms with E-state index in [-0.39, 0.29) is 6.09 Å². The van der Waals surface area contributed by atoms with Crippen LogP contribution in [-0.4, -0.2) is 29.8 Å². The van der Waals surface area contributed by atoms with E-state index < -0.39 is 0 Å². The Balaban J connectivity index is 0.000000247. The topological polar surface area (TPSA) is 53.3 Å². The van der Waals surface area contributed by atoms with E-state index in [4.69, 9.17) is 21.6 Å². The highest BCUT2D eigenvalue weighted by Crippen LogP contribution is 2.32. The van der Waals surface area contributed by atoms with Crippen LogP contribution in [-0.2, 0) is 24.2 Å². The lowest BCUT2D eigenvalue weighted by Gasteiger charge is -2.34. The van der Waals surface area contributed by atoms with E-state index in [1.807, 2.05) is 89.5 Å². The number of likely N-dealkylation sites (tertiary alicyclic amines) is 1. The van der Waals surface area contributed by atoms with Crippen LogP contribution in [0.1, 0.15) is 163 Å². The maximum absolute atomic E-state index is 12.1. The molecule has 6 rings (SSSR count). The number of piperidine rings is 1. The third-order valence-corrected chi connectivity index (χ3v) is 13.2. The maximum atomic E-state index is 12.1. The highest BCUT2D eigenvalue weighted by molar-refractivity contribution is 7.99. The van der Waals surface area contributed by atoms with Crippen molar-refractivity contribution in [2.24, 2.45) is 27.6 Å². The lowest BCUT2D eigenvalue weighted by atomic mass is 9.80. The molecule has 0 spiro atoms. The number of benzene rings is 5. The van der Waals surface area contributed by atoms with Crippen LogP contribution < -0.4 is 0 Å². The number of amides is 1. The quantitative estimate of drug-likeness (QED) is 0.0978. The Morgan fingerprint density at radius 2 is 1.19 bits per heavy atom. The van der Waals surface area contributed by atoms with Crippen LogP contribution in [0.5, 0.6) is 0 Å². The van der Waals surface area contributed by atoms with Gasteiger partial charge in [-0.2, -0.15) is 5.26 Å². The van der Waals surface area contributed by atoms with Crippen LogP contribution in [0.15, 0.2) is 132 Å².